The molecule has 0 bridgehead atoms. The Morgan fingerprint density at radius 1 is 1.29 bits per heavy atom. The molecule has 2 aliphatic rings. The number of hydrogen-bond donors (Lipinski definition) is 2. The highest BCUT2D eigenvalue weighted by Crippen LogP contribution is 2.49. The molecule has 1 amide bonds. The summed E-state index contributed by atoms with van der Waals surface area (Å²) in [7, 11) is 4.23. The number of rotatable bonds is 6. The van der Waals surface area contributed by atoms with Crippen molar-refractivity contribution in [1.29, 1.82) is 0 Å². The van der Waals surface area contributed by atoms with Crippen LogP contribution in [0, 0.1) is 5.41 Å². The van der Waals surface area contributed by atoms with E-state index in [9.17, 15) is 4.79 Å². The summed E-state index contributed by atoms with van der Waals surface area (Å²) in [6.45, 7) is 0.807. The Morgan fingerprint density at radius 2 is 1.94 bits per heavy atom. The van der Waals surface area contributed by atoms with Crippen molar-refractivity contribution < 1.29 is 4.79 Å². The lowest BCUT2D eigenvalue weighted by Gasteiger charge is -2.47. The van der Waals surface area contributed by atoms with Gasteiger partial charge in [0.1, 0.15) is 0 Å². The van der Waals surface area contributed by atoms with Crippen molar-refractivity contribution in [2.24, 2.45) is 5.41 Å². The van der Waals surface area contributed by atoms with Gasteiger partial charge in [-0.25, -0.2) is 0 Å². The minimum absolute atomic E-state index is 0.213. The predicted molar refractivity (Wildman–Crippen MR) is 73.4 cm³/mol. The van der Waals surface area contributed by atoms with Gasteiger partial charge in [0, 0.05) is 18.5 Å². The SMILES string of the molecule is CN(C)C1(CNC(=O)CC2(CS)CC2)CCC1. The highest BCUT2D eigenvalue weighted by atomic mass is 32.1. The standard InChI is InChI=1S/C13H24N2OS/c1-15(2)13(4-3-5-13)9-14-11(16)8-12(10-17)6-7-12/h17H,3-10H2,1-2H3,(H,14,16). The Balaban J connectivity index is 1.76. The van der Waals surface area contributed by atoms with E-state index >= 15 is 0 Å². The van der Waals surface area contributed by atoms with Crippen LogP contribution in [0.2, 0.25) is 0 Å². The molecular weight excluding hydrogens is 232 g/mol. The van der Waals surface area contributed by atoms with Crippen LogP contribution < -0.4 is 5.32 Å². The number of nitrogens with zero attached hydrogens (tertiary/aromatic N) is 1. The third-order valence-corrected chi connectivity index (χ3v) is 5.35. The summed E-state index contributed by atoms with van der Waals surface area (Å²) in [5.41, 5.74) is 0.464. The van der Waals surface area contributed by atoms with E-state index < -0.39 is 0 Å². The molecule has 4 heteroatoms. The molecule has 1 N–H and O–H groups in total. The molecular formula is C13H24N2OS. The first-order valence-corrected chi connectivity index (χ1v) is 7.20. The van der Waals surface area contributed by atoms with Crippen molar-refractivity contribution >= 4 is 18.5 Å². The second kappa shape index (κ2) is 4.81. The topological polar surface area (TPSA) is 32.3 Å². The Labute approximate surface area is 110 Å². The van der Waals surface area contributed by atoms with Gasteiger partial charge in [-0.05, 0) is 57.4 Å². The number of thiol groups is 1. The van der Waals surface area contributed by atoms with Crippen molar-refractivity contribution in [2.75, 3.05) is 26.4 Å². The molecule has 0 aromatic heterocycles. The lowest BCUT2D eigenvalue weighted by Crippen LogP contribution is -2.57. The van der Waals surface area contributed by atoms with Gasteiger partial charge >= 0.3 is 0 Å². The van der Waals surface area contributed by atoms with Crippen LogP contribution >= 0.6 is 12.6 Å². The first kappa shape index (κ1) is 13.2. The largest absolute Gasteiger partial charge is 0.354 e. The van der Waals surface area contributed by atoms with E-state index in [-0.39, 0.29) is 16.9 Å². The van der Waals surface area contributed by atoms with Crippen molar-refractivity contribution in [3.05, 3.63) is 0 Å². The third kappa shape index (κ3) is 2.79. The smallest absolute Gasteiger partial charge is 0.220 e. The molecule has 17 heavy (non-hydrogen) atoms. The van der Waals surface area contributed by atoms with Crippen LogP contribution in [-0.2, 0) is 4.79 Å². The average Bonchev–Trinajstić information content (AvgIpc) is 2.96. The van der Waals surface area contributed by atoms with E-state index in [1.54, 1.807) is 0 Å². The van der Waals surface area contributed by atoms with Crippen LogP contribution in [0.3, 0.4) is 0 Å². The van der Waals surface area contributed by atoms with Gasteiger partial charge in [0.05, 0.1) is 0 Å². The summed E-state index contributed by atoms with van der Waals surface area (Å²) in [4.78, 5) is 14.2. The van der Waals surface area contributed by atoms with E-state index in [1.807, 2.05) is 0 Å². The molecule has 2 rings (SSSR count). The normalized spacial score (nSPS) is 24.2. The third-order valence-electron chi connectivity index (χ3n) is 4.68. The van der Waals surface area contributed by atoms with E-state index in [1.165, 1.54) is 32.1 Å². The molecule has 2 aliphatic carbocycles. The van der Waals surface area contributed by atoms with Crippen LogP contribution in [0.25, 0.3) is 0 Å². The van der Waals surface area contributed by atoms with Crippen molar-refractivity contribution in [2.45, 2.75) is 44.1 Å². The molecule has 0 aromatic carbocycles. The van der Waals surface area contributed by atoms with Gasteiger partial charge in [-0.1, -0.05) is 0 Å². The summed E-state index contributed by atoms with van der Waals surface area (Å²) in [5, 5.41) is 3.12. The zero-order valence-electron chi connectivity index (χ0n) is 11.0. The van der Waals surface area contributed by atoms with Gasteiger partial charge in [0.15, 0.2) is 0 Å². The maximum Gasteiger partial charge on any atom is 0.220 e. The molecule has 0 atom stereocenters. The minimum atomic E-state index is 0.213. The summed E-state index contributed by atoms with van der Waals surface area (Å²) in [5.74, 6) is 1.06. The van der Waals surface area contributed by atoms with Crippen LogP contribution in [-0.4, -0.2) is 42.7 Å². The molecule has 98 valence electrons. The van der Waals surface area contributed by atoms with Crippen molar-refractivity contribution in [3.63, 3.8) is 0 Å². The Hall–Kier alpha value is -0.220. The molecule has 3 nitrogen and oxygen atoms in total. The number of likely N-dealkylation sites (N-methyl/N-ethyl adjacent to an activating group) is 1. The van der Waals surface area contributed by atoms with Gasteiger partial charge < -0.3 is 10.2 Å². The highest BCUT2D eigenvalue weighted by Gasteiger charge is 2.44. The average molecular weight is 256 g/mol. The molecule has 0 unspecified atom stereocenters. The number of amides is 1. The molecule has 0 saturated heterocycles. The molecule has 0 aliphatic heterocycles. The molecule has 0 spiro atoms. The number of carbonyl (C=O) groups excluding carboxylic acids is 1. The highest BCUT2D eigenvalue weighted by molar-refractivity contribution is 7.80. The lowest BCUT2D eigenvalue weighted by molar-refractivity contribution is -0.123. The first-order valence-electron chi connectivity index (χ1n) is 6.57. The maximum absolute atomic E-state index is 11.9. The molecule has 0 radical (unpaired) electrons. The van der Waals surface area contributed by atoms with Gasteiger partial charge in [0.2, 0.25) is 5.91 Å². The maximum atomic E-state index is 11.9. The van der Waals surface area contributed by atoms with Crippen LogP contribution in [0.1, 0.15) is 38.5 Å². The van der Waals surface area contributed by atoms with E-state index in [0.29, 0.717) is 6.42 Å². The molecule has 0 aromatic rings. The predicted octanol–water partition coefficient (Wildman–Crippen LogP) is 1.69. The second-order valence-electron chi connectivity index (χ2n) is 6.08. The summed E-state index contributed by atoms with van der Waals surface area (Å²) in [6.07, 6.45) is 6.70. The van der Waals surface area contributed by atoms with Gasteiger partial charge in [0.25, 0.3) is 0 Å². The first-order chi connectivity index (χ1) is 8.02. The number of carbonyl (C=O) groups is 1. The second-order valence-corrected chi connectivity index (χ2v) is 6.40. The van der Waals surface area contributed by atoms with Crippen molar-refractivity contribution in [3.8, 4) is 0 Å². The summed E-state index contributed by atoms with van der Waals surface area (Å²) >= 11 is 4.34. The van der Waals surface area contributed by atoms with Gasteiger partial charge in [-0.2, -0.15) is 12.6 Å². The Kier molecular flexibility index (Phi) is 3.74. The Bertz CT molecular complexity index is 296. The van der Waals surface area contributed by atoms with Crippen LogP contribution in [0.5, 0.6) is 0 Å². The van der Waals surface area contributed by atoms with Gasteiger partial charge in [-0.15, -0.1) is 0 Å². The molecule has 2 fully saturated rings. The minimum Gasteiger partial charge on any atom is -0.354 e. The summed E-state index contributed by atoms with van der Waals surface area (Å²) < 4.78 is 0. The lowest BCUT2D eigenvalue weighted by atomic mass is 9.75. The zero-order chi connectivity index (χ0) is 12.5. The van der Waals surface area contributed by atoms with Crippen LogP contribution in [0.4, 0.5) is 0 Å². The number of hydrogen-bond acceptors (Lipinski definition) is 3. The van der Waals surface area contributed by atoms with E-state index in [2.05, 4.69) is 36.9 Å². The summed E-state index contributed by atoms with van der Waals surface area (Å²) in [6, 6.07) is 0. The van der Waals surface area contributed by atoms with Crippen LogP contribution in [0.15, 0.2) is 0 Å². The van der Waals surface area contributed by atoms with Gasteiger partial charge in [-0.3, -0.25) is 4.79 Å². The quantitative estimate of drug-likeness (QED) is 0.709. The van der Waals surface area contributed by atoms with Crippen molar-refractivity contribution in [1.82, 2.24) is 10.2 Å². The Morgan fingerprint density at radius 3 is 2.29 bits per heavy atom. The van der Waals surface area contributed by atoms with E-state index in [4.69, 9.17) is 0 Å². The zero-order valence-corrected chi connectivity index (χ0v) is 11.9. The number of nitrogens with one attached hydrogen (secondary N) is 1. The van der Waals surface area contributed by atoms with E-state index in [0.717, 1.165) is 12.3 Å². The monoisotopic (exact) mass is 256 g/mol. The fourth-order valence-corrected chi connectivity index (χ4v) is 3.03. The fraction of sp³-hybridized carbons (Fsp3) is 0.923. The molecule has 2 saturated carbocycles. The fourth-order valence-electron chi connectivity index (χ4n) is 2.60. The molecule has 0 heterocycles.